The molecule has 2 aliphatic heterocycles. The Morgan fingerprint density at radius 3 is 2.69 bits per heavy atom. The minimum absolute atomic E-state index is 0.457. The number of carbonyl (C=O) groups is 1. The van der Waals surface area contributed by atoms with E-state index in [2.05, 4.69) is 22.4 Å². The SMILES string of the molecule is CCNC(=O)ON=C1CC2CCC(C1)N2C. The van der Waals surface area contributed by atoms with E-state index in [4.69, 9.17) is 4.84 Å². The third-order valence-corrected chi connectivity index (χ3v) is 3.51. The number of fused-ring (bicyclic) bond motifs is 2. The van der Waals surface area contributed by atoms with Crippen LogP contribution in [0.2, 0.25) is 0 Å². The third-order valence-electron chi connectivity index (χ3n) is 3.51. The summed E-state index contributed by atoms with van der Waals surface area (Å²) in [5.74, 6) is 0. The maximum Gasteiger partial charge on any atom is 0.433 e. The summed E-state index contributed by atoms with van der Waals surface area (Å²) in [6.45, 7) is 2.42. The lowest BCUT2D eigenvalue weighted by atomic mass is 10.0. The first-order chi connectivity index (χ1) is 7.70. The predicted molar refractivity (Wildman–Crippen MR) is 61.4 cm³/mol. The second-order valence-electron chi connectivity index (χ2n) is 4.53. The number of nitrogens with one attached hydrogen (secondary N) is 1. The van der Waals surface area contributed by atoms with E-state index >= 15 is 0 Å². The van der Waals surface area contributed by atoms with Gasteiger partial charge < -0.3 is 5.32 Å². The molecule has 2 bridgehead atoms. The van der Waals surface area contributed by atoms with Crippen molar-refractivity contribution in [1.29, 1.82) is 0 Å². The first-order valence-electron chi connectivity index (χ1n) is 5.93. The highest BCUT2D eigenvalue weighted by atomic mass is 16.7. The maximum absolute atomic E-state index is 11.1. The molecule has 0 aliphatic carbocycles. The molecule has 2 fully saturated rings. The molecule has 0 aromatic heterocycles. The minimum Gasteiger partial charge on any atom is -0.320 e. The highest BCUT2D eigenvalue weighted by Crippen LogP contribution is 2.32. The third kappa shape index (κ3) is 2.35. The molecule has 16 heavy (non-hydrogen) atoms. The van der Waals surface area contributed by atoms with Crippen LogP contribution < -0.4 is 5.32 Å². The average molecular weight is 225 g/mol. The van der Waals surface area contributed by atoms with Gasteiger partial charge in [0, 0.05) is 31.5 Å². The zero-order valence-corrected chi connectivity index (χ0v) is 9.90. The fourth-order valence-electron chi connectivity index (χ4n) is 2.57. The van der Waals surface area contributed by atoms with Gasteiger partial charge in [0.25, 0.3) is 0 Å². The van der Waals surface area contributed by atoms with Gasteiger partial charge in [-0.3, -0.25) is 9.74 Å². The van der Waals surface area contributed by atoms with Crippen molar-refractivity contribution in [2.75, 3.05) is 13.6 Å². The van der Waals surface area contributed by atoms with E-state index in [0.29, 0.717) is 18.6 Å². The van der Waals surface area contributed by atoms with Gasteiger partial charge in [0.2, 0.25) is 0 Å². The smallest absolute Gasteiger partial charge is 0.320 e. The molecule has 2 aliphatic rings. The highest BCUT2D eigenvalue weighted by molar-refractivity contribution is 5.86. The predicted octanol–water partition coefficient (Wildman–Crippen LogP) is 1.35. The molecule has 1 N–H and O–H groups in total. The summed E-state index contributed by atoms with van der Waals surface area (Å²) < 4.78 is 0. The van der Waals surface area contributed by atoms with E-state index in [1.807, 2.05) is 6.92 Å². The van der Waals surface area contributed by atoms with Gasteiger partial charge in [0.05, 0.1) is 5.71 Å². The van der Waals surface area contributed by atoms with Crippen LogP contribution in [0.3, 0.4) is 0 Å². The number of hydrogen-bond acceptors (Lipinski definition) is 4. The van der Waals surface area contributed by atoms with Crippen molar-refractivity contribution >= 4 is 11.8 Å². The van der Waals surface area contributed by atoms with Gasteiger partial charge >= 0.3 is 6.09 Å². The Morgan fingerprint density at radius 2 is 2.12 bits per heavy atom. The lowest BCUT2D eigenvalue weighted by Gasteiger charge is -2.31. The van der Waals surface area contributed by atoms with Crippen molar-refractivity contribution in [2.24, 2.45) is 5.16 Å². The molecule has 0 saturated carbocycles. The fraction of sp³-hybridized carbons (Fsp3) is 0.818. The largest absolute Gasteiger partial charge is 0.433 e. The normalized spacial score (nSPS) is 29.0. The minimum atomic E-state index is -0.457. The number of amides is 1. The second-order valence-corrected chi connectivity index (χ2v) is 4.53. The van der Waals surface area contributed by atoms with Gasteiger partial charge in [0.1, 0.15) is 0 Å². The van der Waals surface area contributed by atoms with Crippen molar-refractivity contribution in [3.05, 3.63) is 0 Å². The molecular weight excluding hydrogens is 206 g/mol. The molecule has 1 amide bonds. The van der Waals surface area contributed by atoms with E-state index in [9.17, 15) is 4.79 Å². The molecule has 2 atom stereocenters. The van der Waals surface area contributed by atoms with Gasteiger partial charge in [0.15, 0.2) is 0 Å². The van der Waals surface area contributed by atoms with E-state index in [0.717, 1.165) is 18.6 Å². The molecule has 2 rings (SSSR count). The molecule has 2 unspecified atom stereocenters. The topological polar surface area (TPSA) is 53.9 Å². The van der Waals surface area contributed by atoms with E-state index in [-0.39, 0.29) is 0 Å². The molecule has 0 spiro atoms. The van der Waals surface area contributed by atoms with Crippen molar-refractivity contribution in [3.8, 4) is 0 Å². The Labute approximate surface area is 95.8 Å². The van der Waals surface area contributed by atoms with Crippen molar-refractivity contribution in [1.82, 2.24) is 10.2 Å². The quantitative estimate of drug-likeness (QED) is 0.570. The van der Waals surface area contributed by atoms with Crippen LogP contribution in [0.25, 0.3) is 0 Å². The van der Waals surface area contributed by atoms with Crippen LogP contribution in [-0.2, 0) is 4.84 Å². The summed E-state index contributed by atoms with van der Waals surface area (Å²) in [5, 5.41) is 6.51. The molecule has 0 radical (unpaired) electrons. The van der Waals surface area contributed by atoms with Crippen LogP contribution in [0.4, 0.5) is 4.79 Å². The summed E-state index contributed by atoms with van der Waals surface area (Å²) >= 11 is 0. The van der Waals surface area contributed by atoms with Gasteiger partial charge in [-0.15, -0.1) is 0 Å². The number of carbonyl (C=O) groups excluding carboxylic acids is 1. The van der Waals surface area contributed by atoms with Crippen LogP contribution in [0.1, 0.15) is 32.6 Å². The fourth-order valence-corrected chi connectivity index (χ4v) is 2.57. The molecule has 0 aromatic carbocycles. The average Bonchev–Trinajstić information content (AvgIpc) is 2.52. The lowest BCUT2D eigenvalue weighted by Crippen LogP contribution is -2.40. The van der Waals surface area contributed by atoms with Crippen LogP contribution in [0, 0.1) is 0 Å². The summed E-state index contributed by atoms with van der Waals surface area (Å²) in [7, 11) is 2.17. The molecule has 5 heteroatoms. The summed E-state index contributed by atoms with van der Waals surface area (Å²) in [6.07, 6.45) is 3.89. The molecule has 0 aromatic rings. The van der Waals surface area contributed by atoms with E-state index in [1.165, 1.54) is 12.8 Å². The van der Waals surface area contributed by atoms with Crippen molar-refractivity contribution < 1.29 is 9.63 Å². The van der Waals surface area contributed by atoms with Crippen molar-refractivity contribution in [3.63, 3.8) is 0 Å². The number of hydrogen-bond donors (Lipinski definition) is 1. The first kappa shape index (κ1) is 11.4. The molecular formula is C11H19N3O2. The second kappa shape index (κ2) is 4.82. The number of oxime groups is 1. The van der Waals surface area contributed by atoms with E-state index in [1.54, 1.807) is 0 Å². The van der Waals surface area contributed by atoms with Gasteiger partial charge in [-0.25, -0.2) is 4.79 Å². The van der Waals surface area contributed by atoms with Crippen LogP contribution >= 0.6 is 0 Å². The number of nitrogens with zero attached hydrogens (tertiary/aromatic N) is 2. The Morgan fingerprint density at radius 1 is 1.50 bits per heavy atom. The van der Waals surface area contributed by atoms with Gasteiger partial charge in [-0.05, 0) is 26.8 Å². The Bertz CT molecular complexity index is 288. The monoisotopic (exact) mass is 225 g/mol. The molecule has 90 valence electrons. The Balaban J connectivity index is 1.87. The zero-order chi connectivity index (χ0) is 11.5. The van der Waals surface area contributed by atoms with Crippen molar-refractivity contribution in [2.45, 2.75) is 44.7 Å². The van der Waals surface area contributed by atoms with Gasteiger partial charge in [-0.2, -0.15) is 0 Å². The van der Waals surface area contributed by atoms with Gasteiger partial charge in [-0.1, -0.05) is 5.16 Å². The maximum atomic E-state index is 11.1. The van der Waals surface area contributed by atoms with Crippen LogP contribution in [0.15, 0.2) is 5.16 Å². The molecule has 2 saturated heterocycles. The molecule has 5 nitrogen and oxygen atoms in total. The Kier molecular flexibility index (Phi) is 3.43. The number of piperidine rings is 1. The van der Waals surface area contributed by atoms with Crippen LogP contribution in [0.5, 0.6) is 0 Å². The number of rotatable bonds is 2. The zero-order valence-electron chi connectivity index (χ0n) is 9.90. The Hall–Kier alpha value is -1.10. The highest BCUT2D eigenvalue weighted by Gasteiger charge is 2.36. The first-order valence-corrected chi connectivity index (χ1v) is 5.93. The lowest BCUT2D eigenvalue weighted by molar-refractivity contribution is 0.148. The van der Waals surface area contributed by atoms with Crippen LogP contribution in [-0.4, -0.2) is 42.4 Å². The summed E-state index contributed by atoms with van der Waals surface area (Å²) in [4.78, 5) is 18.3. The summed E-state index contributed by atoms with van der Waals surface area (Å²) in [6, 6.07) is 1.19. The van der Waals surface area contributed by atoms with E-state index < -0.39 is 6.09 Å². The summed E-state index contributed by atoms with van der Waals surface area (Å²) in [5.41, 5.74) is 1.02. The standard InChI is InChI=1S/C11H19N3O2/c1-3-12-11(15)16-13-8-6-9-4-5-10(7-8)14(9)2/h9-10H,3-7H2,1-2H3,(H,12,15). The molecule has 2 heterocycles.